The second-order valence-electron chi connectivity index (χ2n) is 2.71. The zero-order chi connectivity index (χ0) is 10.9. The number of halogens is 1. The van der Waals surface area contributed by atoms with Crippen LogP contribution < -0.4 is 0 Å². The van der Waals surface area contributed by atoms with Gasteiger partial charge in [0, 0.05) is 3.57 Å². The number of phenols is 1. The normalized spacial score (nSPS) is 9.86. The van der Waals surface area contributed by atoms with Crippen LogP contribution in [0.3, 0.4) is 0 Å². The Balaban J connectivity index is 3.47. The Labute approximate surface area is 93.7 Å². The molecule has 1 aromatic carbocycles. The molecule has 0 saturated carbocycles. The molecule has 14 heavy (non-hydrogen) atoms. The van der Waals surface area contributed by atoms with E-state index in [1.54, 1.807) is 0 Å². The first-order chi connectivity index (χ1) is 6.43. The van der Waals surface area contributed by atoms with Crippen LogP contribution >= 0.6 is 22.6 Å². The third kappa shape index (κ3) is 2.03. The van der Waals surface area contributed by atoms with Crippen molar-refractivity contribution in [2.24, 2.45) is 0 Å². The molecule has 1 rings (SSSR count). The van der Waals surface area contributed by atoms with Gasteiger partial charge in [0.05, 0.1) is 5.56 Å². The van der Waals surface area contributed by atoms with Crippen LogP contribution in [0.15, 0.2) is 12.1 Å². The molecule has 2 N–H and O–H groups in total. The summed E-state index contributed by atoms with van der Waals surface area (Å²) in [6.45, 7) is 1.27. The number of hydrogen-bond acceptors (Lipinski definition) is 3. The van der Waals surface area contributed by atoms with E-state index in [2.05, 4.69) is 0 Å². The van der Waals surface area contributed by atoms with Gasteiger partial charge >= 0.3 is 5.97 Å². The lowest BCUT2D eigenvalue weighted by molar-refractivity contribution is 0.0693. The summed E-state index contributed by atoms with van der Waals surface area (Å²) in [5, 5.41) is 18.2. The molecule has 0 amide bonds. The average molecular weight is 306 g/mol. The van der Waals surface area contributed by atoms with Crippen LogP contribution in [0.4, 0.5) is 0 Å². The Morgan fingerprint density at radius 1 is 1.29 bits per heavy atom. The number of benzene rings is 1. The summed E-state index contributed by atoms with van der Waals surface area (Å²) >= 11 is 1.89. The van der Waals surface area contributed by atoms with E-state index >= 15 is 0 Å². The van der Waals surface area contributed by atoms with Crippen LogP contribution in [0.1, 0.15) is 27.6 Å². The fraction of sp³-hybridized carbons (Fsp3) is 0.111. The molecule has 0 atom stereocenters. The molecule has 74 valence electrons. The van der Waals surface area contributed by atoms with Gasteiger partial charge in [0.2, 0.25) is 0 Å². The molecule has 5 heteroatoms. The number of Topliss-reactive ketones (excluding diaryl/α,β-unsaturated/α-hetero) is 1. The van der Waals surface area contributed by atoms with Gasteiger partial charge in [-0.15, -0.1) is 0 Å². The third-order valence-electron chi connectivity index (χ3n) is 1.68. The Hall–Kier alpha value is -1.11. The molecule has 0 heterocycles. The fourth-order valence-corrected chi connectivity index (χ4v) is 1.65. The highest BCUT2D eigenvalue weighted by atomic mass is 127. The maximum atomic E-state index is 11.0. The summed E-state index contributed by atoms with van der Waals surface area (Å²) in [4.78, 5) is 21.7. The lowest BCUT2D eigenvalue weighted by Crippen LogP contribution is -2.02. The molecule has 0 aliphatic rings. The molecule has 0 bridgehead atoms. The Morgan fingerprint density at radius 2 is 1.79 bits per heavy atom. The minimum absolute atomic E-state index is 0.0364. The molecule has 0 spiro atoms. The summed E-state index contributed by atoms with van der Waals surface area (Å²) in [7, 11) is 0. The first-order valence-corrected chi connectivity index (χ1v) is 4.78. The fourth-order valence-electron chi connectivity index (χ4n) is 1.03. The summed E-state index contributed by atoms with van der Waals surface area (Å²) in [5.74, 6) is -2.07. The van der Waals surface area contributed by atoms with Gasteiger partial charge in [-0.3, -0.25) is 4.79 Å². The van der Waals surface area contributed by atoms with E-state index in [-0.39, 0.29) is 16.9 Å². The molecule has 0 aliphatic carbocycles. The number of carboxylic acid groups (broad SMARTS) is 1. The number of aromatic hydroxyl groups is 1. The second kappa shape index (κ2) is 3.95. The summed E-state index contributed by atoms with van der Waals surface area (Å²) in [6.07, 6.45) is 0. The van der Waals surface area contributed by atoms with Crippen molar-refractivity contribution < 1.29 is 19.8 Å². The van der Waals surface area contributed by atoms with Crippen molar-refractivity contribution in [3.8, 4) is 5.75 Å². The van der Waals surface area contributed by atoms with E-state index in [1.807, 2.05) is 22.6 Å². The van der Waals surface area contributed by atoms with Gasteiger partial charge in [-0.05, 0) is 41.6 Å². The van der Waals surface area contributed by atoms with Gasteiger partial charge in [0.15, 0.2) is 5.78 Å². The van der Waals surface area contributed by atoms with E-state index in [0.717, 1.165) is 0 Å². The molecular formula is C9H7IO4. The van der Waals surface area contributed by atoms with Crippen LogP contribution in [0.25, 0.3) is 0 Å². The van der Waals surface area contributed by atoms with Crippen LogP contribution in [0.2, 0.25) is 0 Å². The number of rotatable bonds is 2. The molecule has 0 unspecified atom stereocenters. The van der Waals surface area contributed by atoms with Crippen molar-refractivity contribution in [2.75, 3.05) is 0 Å². The molecule has 1 aromatic rings. The SMILES string of the molecule is CC(=O)c1cc(I)cc(C(=O)O)c1O. The first kappa shape index (κ1) is 11.0. The van der Waals surface area contributed by atoms with Crippen molar-refractivity contribution in [1.82, 2.24) is 0 Å². The number of carbonyl (C=O) groups excluding carboxylic acids is 1. The molecule has 0 fully saturated rings. The topological polar surface area (TPSA) is 74.6 Å². The highest BCUT2D eigenvalue weighted by molar-refractivity contribution is 14.1. The minimum Gasteiger partial charge on any atom is -0.506 e. The quantitative estimate of drug-likeness (QED) is 0.646. The van der Waals surface area contributed by atoms with Gasteiger partial charge in [-0.25, -0.2) is 4.79 Å². The van der Waals surface area contributed by atoms with E-state index in [1.165, 1.54) is 19.1 Å². The number of carbonyl (C=O) groups is 2. The molecule has 4 nitrogen and oxygen atoms in total. The number of hydrogen-bond donors (Lipinski definition) is 2. The zero-order valence-corrected chi connectivity index (χ0v) is 9.40. The molecule has 0 saturated heterocycles. The van der Waals surface area contributed by atoms with E-state index in [4.69, 9.17) is 5.11 Å². The zero-order valence-electron chi connectivity index (χ0n) is 7.24. The summed E-state index contributed by atoms with van der Waals surface area (Å²) in [6, 6.07) is 2.76. The van der Waals surface area contributed by atoms with Crippen molar-refractivity contribution >= 4 is 34.3 Å². The van der Waals surface area contributed by atoms with Crippen LogP contribution in [-0.4, -0.2) is 22.0 Å². The predicted molar refractivity (Wildman–Crippen MR) is 57.8 cm³/mol. The van der Waals surface area contributed by atoms with Crippen LogP contribution in [-0.2, 0) is 0 Å². The van der Waals surface area contributed by atoms with E-state index in [0.29, 0.717) is 3.57 Å². The lowest BCUT2D eigenvalue weighted by Gasteiger charge is -2.05. The van der Waals surface area contributed by atoms with E-state index in [9.17, 15) is 14.7 Å². The maximum Gasteiger partial charge on any atom is 0.339 e. The Bertz CT molecular complexity index is 376. The number of aromatic carboxylic acids is 1. The number of carboxylic acids is 1. The van der Waals surface area contributed by atoms with Crippen molar-refractivity contribution in [3.05, 3.63) is 26.8 Å². The maximum absolute atomic E-state index is 11.0. The highest BCUT2D eigenvalue weighted by Crippen LogP contribution is 2.25. The van der Waals surface area contributed by atoms with Gasteiger partial charge in [-0.1, -0.05) is 0 Å². The monoisotopic (exact) mass is 306 g/mol. The van der Waals surface area contributed by atoms with E-state index < -0.39 is 11.7 Å². The smallest absolute Gasteiger partial charge is 0.339 e. The average Bonchev–Trinajstić information content (AvgIpc) is 2.07. The highest BCUT2D eigenvalue weighted by Gasteiger charge is 2.16. The minimum atomic E-state index is -1.25. The van der Waals surface area contributed by atoms with Crippen molar-refractivity contribution in [1.29, 1.82) is 0 Å². The number of ketones is 1. The molecule has 0 aliphatic heterocycles. The van der Waals surface area contributed by atoms with Crippen LogP contribution in [0.5, 0.6) is 5.75 Å². The molecule has 0 radical (unpaired) electrons. The summed E-state index contributed by atoms with van der Waals surface area (Å²) < 4.78 is 0.600. The van der Waals surface area contributed by atoms with Gasteiger partial charge in [0.1, 0.15) is 11.3 Å². The van der Waals surface area contributed by atoms with Gasteiger partial charge in [0.25, 0.3) is 0 Å². The van der Waals surface area contributed by atoms with Crippen LogP contribution in [0, 0.1) is 3.57 Å². The first-order valence-electron chi connectivity index (χ1n) is 3.70. The summed E-state index contributed by atoms with van der Waals surface area (Å²) in [5.41, 5.74) is -0.212. The predicted octanol–water partition coefficient (Wildman–Crippen LogP) is 1.90. The van der Waals surface area contributed by atoms with Crippen molar-refractivity contribution in [3.63, 3.8) is 0 Å². The third-order valence-corrected chi connectivity index (χ3v) is 2.31. The largest absolute Gasteiger partial charge is 0.506 e. The Morgan fingerprint density at radius 3 is 2.21 bits per heavy atom. The molecular weight excluding hydrogens is 299 g/mol. The van der Waals surface area contributed by atoms with Crippen molar-refractivity contribution in [2.45, 2.75) is 6.92 Å². The Kier molecular flexibility index (Phi) is 3.10. The molecule has 0 aromatic heterocycles. The van der Waals surface area contributed by atoms with Gasteiger partial charge in [-0.2, -0.15) is 0 Å². The standard InChI is InChI=1S/C9H7IO4/c1-4(11)6-2-5(10)3-7(8(6)12)9(13)14/h2-3,12H,1H3,(H,13,14). The van der Waals surface area contributed by atoms with Gasteiger partial charge < -0.3 is 10.2 Å². The second-order valence-corrected chi connectivity index (χ2v) is 3.96. The lowest BCUT2D eigenvalue weighted by atomic mass is 10.1.